The molecule has 0 unspecified atom stereocenters. The molecule has 2 aromatic rings. The van der Waals surface area contributed by atoms with Gasteiger partial charge >= 0.3 is 6.18 Å². The fraction of sp³-hybridized carbons (Fsp3) is 0.143. The maximum atomic E-state index is 12.4. The smallest absolute Gasteiger partial charge is 0.388 e. The molecule has 2 rings (SSSR count). The van der Waals surface area contributed by atoms with E-state index >= 15 is 0 Å². The van der Waals surface area contributed by atoms with Crippen molar-refractivity contribution in [1.82, 2.24) is 0 Å². The number of nitrogens with one attached hydrogen (secondary N) is 2. The summed E-state index contributed by atoms with van der Waals surface area (Å²) in [5, 5.41) is 6.03. The standard InChI is InChI=1S/C14H13F3N2/c1-18-11-6-8-13(9-7-11)19-12-4-2-10(3-5-12)14(15,16)17/h2-9,18-19H,1H3. The second-order valence-corrected chi connectivity index (χ2v) is 4.03. The van der Waals surface area contributed by atoms with Gasteiger partial charge in [0.25, 0.3) is 0 Å². The lowest BCUT2D eigenvalue weighted by Crippen LogP contribution is -2.04. The Bertz CT molecular complexity index is 530. The SMILES string of the molecule is CNc1ccc(Nc2ccc(C(F)(F)F)cc2)cc1. The summed E-state index contributed by atoms with van der Waals surface area (Å²) in [4.78, 5) is 0. The lowest BCUT2D eigenvalue weighted by molar-refractivity contribution is -0.137. The van der Waals surface area contributed by atoms with Gasteiger partial charge < -0.3 is 10.6 Å². The monoisotopic (exact) mass is 266 g/mol. The lowest BCUT2D eigenvalue weighted by atomic mass is 10.2. The summed E-state index contributed by atoms with van der Waals surface area (Å²) < 4.78 is 37.2. The number of halogens is 3. The Morgan fingerprint density at radius 2 is 1.16 bits per heavy atom. The molecular formula is C14H13F3N2. The number of anilines is 3. The summed E-state index contributed by atoms with van der Waals surface area (Å²) in [7, 11) is 1.82. The van der Waals surface area contributed by atoms with Crippen molar-refractivity contribution in [1.29, 1.82) is 0 Å². The lowest BCUT2D eigenvalue weighted by Gasteiger charge is -2.10. The molecule has 100 valence electrons. The van der Waals surface area contributed by atoms with Gasteiger partial charge in [-0.15, -0.1) is 0 Å². The first-order chi connectivity index (χ1) is 8.99. The van der Waals surface area contributed by atoms with Crippen LogP contribution in [0.2, 0.25) is 0 Å². The molecular weight excluding hydrogens is 253 g/mol. The van der Waals surface area contributed by atoms with Gasteiger partial charge in [-0.25, -0.2) is 0 Å². The summed E-state index contributed by atoms with van der Waals surface area (Å²) in [6, 6.07) is 12.4. The zero-order valence-corrected chi connectivity index (χ0v) is 10.3. The van der Waals surface area contributed by atoms with Crippen LogP contribution >= 0.6 is 0 Å². The second kappa shape index (κ2) is 5.22. The number of hydrogen-bond donors (Lipinski definition) is 2. The topological polar surface area (TPSA) is 24.1 Å². The highest BCUT2D eigenvalue weighted by molar-refractivity contribution is 5.62. The van der Waals surface area contributed by atoms with Crippen molar-refractivity contribution in [3.63, 3.8) is 0 Å². The zero-order chi connectivity index (χ0) is 13.9. The van der Waals surface area contributed by atoms with E-state index in [0.717, 1.165) is 23.5 Å². The van der Waals surface area contributed by atoms with Gasteiger partial charge in [-0.05, 0) is 48.5 Å². The maximum absolute atomic E-state index is 12.4. The third-order valence-electron chi connectivity index (χ3n) is 2.67. The van der Waals surface area contributed by atoms with E-state index in [0.29, 0.717) is 5.69 Å². The van der Waals surface area contributed by atoms with Crippen LogP contribution in [0.5, 0.6) is 0 Å². The Hall–Kier alpha value is -2.17. The average molecular weight is 266 g/mol. The van der Waals surface area contributed by atoms with Crippen molar-refractivity contribution in [2.24, 2.45) is 0 Å². The highest BCUT2D eigenvalue weighted by Gasteiger charge is 2.29. The summed E-state index contributed by atoms with van der Waals surface area (Å²) in [6.07, 6.45) is -4.30. The molecule has 0 saturated carbocycles. The Kier molecular flexibility index (Phi) is 3.64. The van der Waals surface area contributed by atoms with E-state index < -0.39 is 11.7 Å². The number of hydrogen-bond acceptors (Lipinski definition) is 2. The highest BCUT2D eigenvalue weighted by atomic mass is 19.4. The van der Waals surface area contributed by atoms with E-state index in [1.54, 1.807) is 0 Å². The first kappa shape index (κ1) is 13.3. The van der Waals surface area contributed by atoms with Crippen LogP contribution in [0.4, 0.5) is 30.2 Å². The molecule has 0 radical (unpaired) electrons. The number of rotatable bonds is 3. The third kappa shape index (κ3) is 3.40. The van der Waals surface area contributed by atoms with Gasteiger partial charge in [0.15, 0.2) is 0 Å². The Morgan fingerprint density at radius 3 is 1.58 bits per heavy atom. The number of alkyl halides is 3. The van der Waals surface area contributed by atoms with Gasteiger partial charge in [0, 0.05) is 24.1 Å². The van der Waals surface area contributed by atoms with Crippen molar-refractivity contribution in [2.75, 3.05) is 17.7 Å². The minimum absolute atomic E-state index is 0.616. The molecule has 0 aromatic heterocycles. The van der Waals surface area contributed by atoms with Gasteiger partial charge in [-0.3, -0.25) is 0 Å². The van der Waals surface area contributed by atoms with Gasteiger partial charge in [0.05, 0.1) is 5.56 Å². The van der Waals surface area contributed by atoms with Crippen LogP contribution in [-0.4, -0.2) is 7.05 Å². The van der Waals surface area contributed by atoms with Gasteiger partial charge in [0.1, 0.15) is 0 Å². The zero-order valence-electron chi connectivity index (χ0n) is 10.3. The van der Waals surface area contributed by atoms with E-state index in [1.807, 2.05) is 31.3 Å². The van der Waals surface area contributed by atoms with E-state index in [4.69, 9.17) is 0 Å². The number of benzene rings is 2. The second-order valence-electron chi connectivity index (χ2n) is 4.03. The van der Waals surface area contributed by atoms with Crippen LogP contribution < -0.4 is 10.6 Å². The van der Waals surface area contributed by atoms with Crippen LogP contribution in [0.3, 0.4) is 0 Å². The molecule has 0 atom stereocenters. The quantitative estimate of drug-likeness (QED) is 0.855. The van der Waals surface area contributed by atoms with Crippen molar-refractivity contribution in [2.45, 2.75) is 6.18 Å². The largest absolute Gasteiger partial charge is 0.416 e. The van der Waals surface area contributed by atoms with E-state index in [1.165, 1.54) is 12.1 Å². The van der Waals surface area contributed by atoms with E-state index in [-0.39, 0.29) is 0 Å². The maximum Gasteiger partial charge on any atom is 0.416 e. The Balaban J connectivity index is 2.10. The Morgan fingerprint density at radius 1 is 0.737 bits per heavy atom. The molecule has 0 aliphatic heterocycles. The molecule has 0 saturated heterocycles. The molecule has 0 amide bonds. The molecule has 0 bridgehead atoms. The molecule has 2 nitrogen and oxygen atoms in total. The summed E-state index contributed by atoms with van der Waals surface area (Å²) in [5.41, 5.74) is 1.76. The van der Waals surface area contributed by atoms with Crippen molar-refractivity contribution >= 4 is 17.1 Å². The predicted octanol–water partition coefficient (Wildman–Crippen LogP) is 4.49. The van der Waals surface area contributed by atoms with Crippen LogP contribution in [0.15, 0.2) is 48.5 Å². The molecule has 0 aliphatic carbocycles. The predicted molar refractivity (Wildman–Crippen MR) is 70.7 cm³/mol. The van der Waals surface area contributed by atoms with Crippen LogP contribution in [0.25, 0.3) is 0 Å². The first-order valence-corrected chi connectivity index (χ1v) is 5.71. The molecule has 5 heteroatoms. The summed E-state index contributed by atoms with van der Waals surface area (Å²) in [5.74, 6) is 0. The van der Waals surface area contributed by atoms with Gasteiger partial charge in [-0.1, -0.05) is 0 Å². The summed E-state index contributed by atoms with van der Waals surface area (Å²) >= 11 is 0. The fourth-order valence-electron chi connectivity index (χ4n) is 1.63. The molecule has 2 aromatic carbocycles. The van der Waals surface area contributed by atoms with E-state index in [2.05, 4.69) is 10.6 Å². The first-order valence-electron chi connectivity index (χ1n) is 5.71. The molecule has 0 aliphatic rings. The molecule has 2 N–H and O–H groups in total. The van der Waals surface area contributed by atoms with Crippen molar-refractivity contribution in [3.05, 3.63) is 54.1 Å². The molecule has 0 fully saturated rings. The van der Waals surface area contributed by atoms with E-state index in [9.17, 15) is 13.2 Å². The van der Waals surface area contributed by atoms with Crippen LogP contribution in [0, 0.1) is 0 Å². The van der Waals surface area contributed by atoms with Crippen LogP contribution in [-0.2, 0) is 6.18 Å². The van der Waals surface area contributed by atoms with Crippen molar-refractivity contribution < 1.29 is 13.2 Å². The fourth-order valence-corrected chi connectivity index (χ4v) is 1.63. The third-order valence-corrected chi connectivity index (χ3v) is 2.67. The molecule has 19 heavy (non-hydrogen) atoms. The normalized spacial score (nSPS) is 11.2. The average Bonchev–Trinajstić information content (AvgIpc) is 2.39. The minimum atomic E-state index is -4.30. The molecule has 0 spiro atoms. The summed E-state index contributed by atoms with van der Waals surface area (Å²) in [6.45, 7) is 0. The molecule has 0 heterocycles. The highest BCUT2D eigenvalue weighted by Crippen LogP contribution is 2.30. The van der Waals surface area contributed by atoms with Gasteiger partial charge in [-0.2, -0.15) is 13.2 Å². The Labute approximate surface area is 109 Å². The van der Waals surface area contributed by atoms with Gasteiger partial charge in [0.2, 0.25) is 0 Å². The van der Waals surface area contributed by atoms with Crippen LogP contribution in [0.1, 0.15) is 5.56 Å². The van der Waals surface area contributed by atoms with Crippen molar-refractivity contribution in [3.8, 4) is 0 Å². The minimum Gasteiger partial charge on any atom is -0.388 e.